The number of aldehydes is 1. The Hall–Kier alpha value is -5.87. The van der Waals surface area contributed by atoms with Gasteiger partial charge >= 0.3 is 0 Å². The minimum atomic E-state index is -1.93. The average Bonchev–Trinajstić information content (AvgIpc) is 3.84. The summed E-state index contributed by atoms with van der Waals surface area (Å²) in [7, 11) is 5.55. The number of aromatic hydroxyl groups is 1. The summed E-state index contributed by atoms with van der Waals surface area (Å²) in [5.74, 6) is -2.79. The maximum Gasteiger partial charge on any atom is 0.259 e. The smallest absolute Gasteiger partial charge is 0.259 e. The van der Waals surface area contributed by atoms with Crippen LogP contribution in [0.15, 0.2) is 73.3 Å². The number of carbonyl (C=O) groups excluding carboxylic acids is 5. The third-order valence-corrected chi connectivity index (χ3v) is 13.7. The van der Waals surface area contributed by atoms with Gasteiger partial charge in [-0.05, 0) is 121 Å². The molecule has 0 radical (unpaired) electrons. The van der Waals surface area contributed by atoms with Crippen molar-refractivity contribution in [2.24, 2.45) is 11.3 Å². The summed E-state index contributed by atoms with van der Waals surface area (Å²) in [5.41, 5.74) is 7.40. The molecule has 4 amide bonds. The highest BCUT2D eigenvalue weighted by atomic mass is 16.5. The third kappa shape index (κ3) is 10.4. The Balaban J connectivity index is 1.31. The number of amides is 4. The van der Waals surface area contributed by atoms with Crippen LogP contribution in [-0.2, 0) is 54.6 Å². The number of hydrogen-bond acceptors (Lipinski definition) is 10. The molecule has 15 nitrogen and oxygen atoms in total. The van der Waals surface area contributed by atoms with Crippen molar-refractivity contribution in [1.82, 2.24) is 35.0 Å². The Morgan fingerprint density at radius 1 is 1.00 bits per heavy atom. The van der Waals surface area contributed by atoms with E-state index in [-0.39, 0.29) is 44.8 Å². The van der Waals surface area contributed by atoms with E-state index in [1.807, 2.05) is 12.1 Å². The van der Waals surface area contributed by atoms with Crippen molar-refractivity contribution >= 4 is 40.8 Å². The van der Waals surface area contributed by atoms with Crippen molar-refractivity contribution in [2.75, 3.05) is 54.0 Å². The number of nitrogens with zero attached hydrogens (tertiary/aromatic N) is 5. The average molecular weight is 932 g/mol. The van der Waals surface area contributed by atoms with Gasteiger partial charge in [-0.15, -0.1) is 0 Å². The molecule has 6 bridgehead atoms. The highest BCUT2D eigenvalue weighted by Gasteiger charge is 2.48. The first-order chi connectivity index (χ1) is 32.2. The fraction of sp³-hybridized carbons (Fsp3) is 0.491. The molecule has 2 fully saturated rings. The first kappa shape index (κ1) is 50.0. The molecule has 3 aliphatic rings. The van der Waals surface area contributed by atoms with Crippen LogP contribution in [0.2, 0.25) is 0 Å². The second-order valence-corrected chi connectivity index (χ2v) is 20.6. The number of aromatic nitrogens is 1. The monoisotopic (exact) mass is 932 g/mol. The van der Waals surface area contributed by atoms with Gasteiger partial charge in [0.15, 0.2) is 5.60 Å². The first-order valence-electron chi connectivity index (χ1n) is 23.8. The Bertz CT molecular complexity index is 2590. The normalized spacial score (nSPS) is 22.5. The third-order valence-electron chi connectivity index (χ3n) is 13.7. The summed E-state index contributed by atoms with van der Waals surface area (Å²) in [6.45, 7) is 15.5. The van der Waals surface area contributed by atoms with Crippen LogP contribution in [0.1, 0.15) is 70.6 Å². The molecule has 3 aliphatic heterocycles. The molecule has 7 rings (SSSR count). The first-order valence-corrected chi connectivity index (χ1v) is 23.8. The van der Waals surface area contributed by atoms with E-state index in [1.54, 1.807) is 26.0 Å². The van der Waals surface area contributed by atoms with E-state index in [2.05, 4.69) is 98.1 Å². The summed E-state index contributed by atoms with van der Waals surface area (Å²) < 4.78 is 8.86. The molecule has 15 heteroatoms. The molecule has 4 aromatic rings. The van der Waals surface area contributed by atoms with Gasteiger partial charge in [-0.2, -0.15) is 0 Å². The van der Waals surface area contributed by atoms with Crippen molar-refractivity contribution in [3.8, 4) is 28.1 Å². The molecule has 68 heavy (non-hydrogen) atoms. The maximum atomic E-state index is 14.9. The molecule has 3 aromatic carbocycles. The Kier molecular flexibility index (Phi) is 14.7. The predicted octanol–water partition coefficient (Wildman–Crippen LogP) is 5.09. The number of hydrazine groups is 1. The second-order valence-electron chi connectivity index (χ2n) is 20.6. The van der Waals surface area contributed by atoms with Crippen molar-refractivity contribution in [1.29, 1.82) is 0 Å². The van der Waals surface area contributed by atoms with Crippen LogP contribution in [0.25, 0.3) is 33.3 Å². The van der Waals surface area contributed by atoms with Crippen LogP contribution in [0.4, 0.5) is 0 Å². The standard InChI is InChI=1S/C53H69N7O8/c1-10-45(63)58-21-19-53(67,30-58)50(66)57(9)46(34(3)4)48(64)54-43-25-36-23-39(26-40(62)24-36)37-16-17-44-41(27-37)42(47(59(44)11-2)38-15-12-14-35(22-38)29-56(7)8)28-51(5,6)32-68-33-52(31-61)18-13-20-60(55-52)49(43)65/h10,12,14-17,22-24,26-27,31,34,43,46,55,62,67H,1,11,13,18-21,25,28-30,32-33H2,2-9H3,(H,54,64)/t43-,46+,52-,53?/m0/s1. The van der Waals surface area contributed by atoms with E-state index >= 15 is 0 Å². The van der Waals surface area contributed by atoms with E-state index in [0.717, 1.165) is 58.7 Å². The summed E-state index contributed by atoms with van der Waals surface area (Å²) >= 11 is 0. The van der Waals surface area contributed by atoms with Crippen LogP contribution < -0.4 is 10.7 Å². The van der Waals surface area contributed by atoms with Crippen molar-refractivity contribution in [3.05, 3.63) is 90.0 Å². The lowest BCUT2D eigenvalue weighted by Gasteiger charge is -2.42. The van der Waals surface area contributed by atoms with Gasteiger partial charge in [-0.25, -0.2) is 5.43 Å². The number of phenols is 1. The number of β-amino-alcohol motifs (C(OH)–C–C–N with tert-alkyl or cyclic N) is 1. The minimum Gasteiger partial charge on any atom is -0.508 e. The zero-order valence-corrected chi connectivity index (χ0v) is 40.9. The van der Waals surface area contributed by atoms with Gasteiger partial charge in [-0.3, -0.25) is 24.2 Å². The number of likely N-dealkylation sites (tertiary alicyclic amines) is 1. The molecule has 4 heterocycles. The van der Waals surface area contributed by atoms with Crippen LogP contribution in [0, 0.1) is 11.3 Å². The summed E-state index contributed by atoms with van der Waals surface area (Å²) in [5, 5.41) is 28.3. The van der Waals surface area contributed by atoms with Gasteiger partial charge in [0.05, 0.1) is 25.5 Å². The van der Waals surface area contributed by atoms with Gasteiger partial charge in [-0.1, -0.05) is 64.6 Å². The molecule has 0 aliphatic carbocycles. The number of likely N-dealkylation sites (N-methyl/N-ethyl adjacent to an activating group) is 1. The quantitative estimate of drug-likeness (QED) is 0.117. The fourth-order valence-electron chi connectivity index (χ4n) is 10.5. The molecule has 2 saturated heterocycles. The summed E-state index contributed by atoms with van der Waals surface area (Å²) in [6, 6.07) is 17.8. The van der Waals surface area contributed by atoms with E-state index in [0.29, 0.717) is 37.0 Å². The Morgan fingerprint density at radius 2 is 1.76 bits per heavy atom. The van der Waals surface area contributed by atoms with Gasteiger partial charge in [0, 0.05) is 57.0 Å². The summed E-state index contributed by atoms with van der Waals surface area (Å²) in [6.07, 6.45) is 3.39. The summed E-state index contributed by atoms with van der Waals surface area (Å²) in [4.78, 5) is 73.6. The number of phenolic OH excluding ortho intramolecular Hbond substituents is 1. The molecular weight excluding hydrogens is 863 g/mol. The predicted molar refractivity (Wildman–Crippen MR) is 262 cm³/mol. The van der Waals surface area contributed by atoms with E-state index < -0.39 is 58.2 Å². The molecule has 1 unspecified atom stereocenters. The molecule has 4 N–H and O–H groups in total. The van der Waals surface area contributed by atoms with Gasteiger partial charge in [0.25, 0.3) is 11.8 Å². The number of fused-ring (bicyclic) bond motifs is 6. The van der Waals surface area contributed by atoms with Crippen LogP contribution in [0.5, 0.6) is 5.75 Å². The lowest BCUT2D eigenvalue weighted by molar-refractivity contribution is -0.156. The Morgan fingerprint density at radius 3 is 2.46 bits per heavy atom. The highest BCUT2D eigenvalue weighted by molar-refractivity contribution is 5.97. The Labute approximate surface area is 400 Å². The van der Waals surface area contributed by atoms with Crippen LogP contribution in [-0.4, -0.2) is 142 Å². The minimum absolute atomic E-state index is 0.00196. The van der Waals surface area contributed by atoms with Gasteiger partial charge in [0.1, 0.15) is 29.7 Å². The highest BCUT2D eigenvalue weighted by Crippen LogP contribution is 2.41. The topological polar surface area (TPSA) is 177 Å². The molecule has 0 saturated carbocycles. The van der Waals surface area contributed by atoms with E-state index in [4.69, 9.17) is 4.74 Å². The number of aryl methyl sites for hydroxylation is 1. The number of nitrogens with one attached hydrogen (secondary N) is 2. The maximum absolute atomic E-state index is 14.9. The molecular formula is C53H69N7O8. The SMILES string of the molecule is C=CC(=O)N1CCC(O)(C(=O)N(C)[C@@H](C(=O)N[C@H]2Cc3cc(O)cc(c3)-c3ccc4c(c3)c(c(-c3cccc(CN(C)C)c3)n4CC)CC(C)(C)COC[C@@]3(C=O)CCCN(N3)C2=O)C(C)C)C1. The largest absolute Gasteiger partial charge is 0.508 e. The zero-order valence-electron chi connectivity index (χ0n) is 40.9. The van der Waals surface area contributed by atoms with Crippen molar-refractivity contribution < 1.29 is 38.9 Å². The number of hydrogen-bond donors (Lipinski definition) is 4. The fourth-order valence-corrected chi connectivity index (χ4v) is 10.5. The van der Waals surface area contributed by atoms with Crippen LogP contribution in [0.3, 0.4) is 0 Å². The lowest BCUT2D eigenvalue weighted by atomic mass is 9.84. The van der Waals surface area contributed by atoms with Gasteiger partial charge < -0.3 is 44.3 Å². The van der Waals surface area contributed by atoms with E-state index in [1.165, 1.54) is 27.4 Å². The molecule has 364 valence electrons. The molecule has 0 spiro atoms. The number of aliphatic hydroxyl groups is 1. The number of ether oxygens (including phenoxy) is 1. The molecule has 4 atom stereocenters. The van der Waals surface area contributed by atoms with Crippen LogP contribution >= 0.6 is 0 Å². The van der Waals surface area contributed by atoms with E-state index in [9.17, 15) is 34.2 Å². The number of rotatable bonds is 11. The van der Waals surface area contributed by atoms with Gasteiger partial charge in [0.2, 0.25) is 11.8 Å². The zero-order chi connectivity index (χ0) is 49.3. The van der Waals surface area contributed by atoms with Crippen molar-refractivity contribution in [2.45, 2.75) is 103 Å². The number of benzene rings is 3. The van der Waals surface area contributed by atoms with Crippen molar-refractivity contribution in [3.63, 3.8) is 0 Å². The second kappa shape index (κ2) is 20.0. The number of carbonyl (C=O) groups is 5. The lowest BCUT2D eigenvalue weighted by Crippen LogP contribution is -2.66. The molecule has 1 aromatic heterocycles.